The minimum absolute atomic E-state index is 0.0592. The maximum Gasteiger partial charge on any atom is 0.223 e. The molecule has 198 valence electrons. The Morgan fingerprint density at radius 1 is 0.694 bits per heavy atom. The van der Waals surface area contributed by atoms with Gasteiger partial charge in [-0.25, -0.2) is 0 Å². The normalized spacial score (nSPS) is 10.8. The minimum atomic E-state index is -0.421. The number of amides is 2. The van der Waals surface area contributed by atoms with Crippen LogP contribution in [-0.4, -0.2) is 44.3 Å². The molecule has 0 spiro atoms. The molecule has 2 rings (SSSR count). The second-order valence-electron chi connectivity index (χ2n) is 8.94. The lowest BCUT2D eigenvalue weighted by Gasteiger charge is -2.11. The Hall–Kier alpha value is -3.56. The number of pyridine rings is 2. The largest absolute Gasteiger partial charge is 0.503 e. The third-order valence-electron chi connectivity index (χ3n) is 6.23. The first kappa shape index (κ1) is 28.7. The fourth-order valence-electron chi connectivity index (χ4n) is 3.84. The molecule has 0 saturated heterocycles. The van der Waals surface area contributed by atoms with Crippen molar-refractivity contribution in [1.82, 2.24) is 19.8 Å². The summed E-state index contributed by atoms with van der Waals surface area (Å²) < 4.78 is 3.38. The molecule has 0 saturated carbocycles. The Labute approximate surface area is 211 Å². The van der Waals surface area contributed by atoms with Crippen LogP contribution < -0.4 is 21.5 Å². The molecule has 0 aliphatic carbocycles. The van der Waals surface area contributed by atoms with Crippen LogP contribution in [0.25, 0.3) is 0 Å². The first-order valence-corrected chi connectivity index (χ1v) is 12.5. The van der Waals surface area contributed by atoms with Crippen LogP contribution in [0.5, 0.6) is 11.5 Å². The van der Waals surface area contributed by atoms with Crippen molar-refractivity contribution < 1.29 is 19.8 Å². The fraction of sp³-hybridized carbons (Fsp3) is 0.538. The van der Waals surface area contributed by atoms with Crippen molar-refractivity contribution in [3.63, 3.8) is 0 Å². The van der Waals surface area contributed by atoms with Gasteiger partial charge < -0.3 is 30.0 Å². The zero-order valence-electron chi connectivity index (χ0n) is 21.2. The van der Waals surface area contributed by atoms with E-state index in [1.54, 1.807) is 35.4 Å². The van der Waals surface area contributed by atoms with Crippen LogP contribution in [0.2, 0.25) is 0 Å². The summed E-state index contributed by atoms with van der Waals surface area (Å²) in [6.07, 6.45) is 9.70. The van der Waals surface area contributed by atoms with Gasteiger partial charge in [0.15, 0.2) is 11.5 Å². The molecule has 10 nitrogen and oxygen atoms in total. The van der Waals surface area contributed by atoms with Crippen molar-refractivity contribution in [3.05, 3.63) is 56.4 Å². The molecule has 0 aliphatic rings. The highest BCUT2D eigenvalue weighted by atomic mass is 16.3. The van der Waals surface area contributed by atoms with Gasteiger partial charge >= 0.3 is 0 Å². The number of aromatic nitrogens is 2. The standard InChI is InChI=1S/C26H38N4O6/c1-19-25(35)21(31)9-15-29(19)17-11-23(33)27-13-7-5-3-4-6-8-14-28-24(34)12-18-30-16-10-22(32)26(36)20(30)2/h9-10,15-16,35-36H,3-8,11-14,17-18H2,1-2H3,(H,27,33)(H,28,34). The van der Waals surface area contributed by atoms with Crippen LogP contribution in [0.4, 0.5) is 0 Å². The van der Waals surface area contributed by atoms with Crippen LogP contribution in [0.1, 0.15) is 62.8 Å². The van der Waals surface area contributed by atoms with E-state index in [1.807, 2.05) is 0 Å². The fourth-order valence-corrected chi connectivity index (χ4v) is 3.84. The Balaban J connectivity index is 1.45. The average Bonchev–Trinajstić information content (AvgIpc) is 2.86. The topological polar surface area (TPSA) is 143 Å². The summed E-state index contributed by atoms with van der Waals surface area (Å²) in [4.78, 5) is 46.8. The van der Waals surface area contributed by atoms with Gasteiger partial charge in [-0.3, -0.25) is 19.2 Å². The summed E-state index contributed by atoms with van der Waals surface area (Å²) in [7, 11) is 0. The van der Waals surface area contributed by atoms with Gasteiger partial charge in [-0.15, -0.1) is 0 Å². The van der Waals surface area contributed by atoms with E-state index in [4.69, 9.17) is 0 Å². The summed E-state index contributed by atoms with van der Waals surface area (Å²) >= 11 is 0. The van der Waals surface area contributed by atoms with Gasteiger partial charge in [0.2, 0.25) is 22.7 Å². The first-order valence-electron chi connectivity index (χ1n) is 12.5. The van der Waals surface area contributed by atoms with Crippen LogP contribution in [0.15, 0.2) is 34.1 Å². The quantitative estimate of drug-likeness (QED) is 0.275. The summed E-state index contributed by atoms with van der Waals surface area (Å²) in [5.41, 5.74) is 0.0688. The third-order valence-corrected chi connectivity index (χ3v) is 6.23. The number of aryl methyl sites for hydroxylation is 2. The summed E-state index contributed by atoms with van der Waals surface area (Å²) in [6.45, 7) is 5.34. The molecule has 4 N–H and O–H groups in total. The van der Waals surface area contributed by atoms with Crippen molar-refractivity contribution in [1.29, 1.82) is 0 Å². The number of nitrogens with zero attached hydrogens (tertiary/aromatic N) is 2. The average molecular weight is 503 g/mol. The lowest BCUT2D eigenvalue weighted by atomic mass is 10.1. The van der Waals surface area contributed by atoms with Crippen molar-refractivity contribution in [2.24, 2.45) is 0 Å². The van der Waals surface area contributed by atoms with Crippen molar-refractivity contribution in [3.8, 4) is 11.5 Å². The molecule has 0 aromatic carbocycles. The van der Waals surface area contributed by atoms with E-state index in [-0.39, 0.29) is 36.2 Å². The van der Waals surface area contributed by atoms with Gasteiger partial charge in [0, 0.05) is 63.5 Å². The van der Waals surface area contributed by atoms with Gasteiger partial charge in [-0.05, 0) is 26.7 Å². The lowest BCUT2D eigenvalue weighted by Crippen LogP contribution is -2.26. The summed E-state index contributed by atoms with van der Waals surface area (Å²) in [5, 5.41) is 25.2. The third kappa shape index (κ3) is 9.24. The number of hydrogen-bond acceptors (Lipinski definition) is 6. The van der Waals surface area contributed by atoms with Crippen LogP contribution in [0, 0.1) is 13.8 Å². The second kappa shape index (κ2) is 14.8. The van der Waals surface area contributed by atoms with E-state index in [0.29, 0.717) is 37.6 Å². The monoisotopic (exact) mass is 502 g/mol. The Morgan fingerprint density at radius 2 is 1.06 bits per heavy atom. The highest BCUT2D eigenvalue weighted by Crippen LogP contribution is 2.11. The summed E-state index contributed by atoms with van der Waals surface area (Å²) in [6, 6.07) is 2.58. The first-order chi connectivity index (χ1) is 17.2. The number of aromatic hydroxyl groups is 2. The van der Waals surface area contributed by atoms with E-state index in [9.17, 15) is 29.4 Å². The number of nitrogens with one attached hydrogen (secondary N) is 2. The zero-order valence-corrected chi connectivity index (χ0v) is 21.2. The van der Waals surface area contributed by atoms with Gasteiger partial charge in [-0.2, -0.15) is 0 Å². The molecular weight excluding hydrogens is 464 g/mol. The van der Waals surface area contributed by atoms with E-state index < -0.39 is 10.9 Å². The van der Waals surface area contributed by atoms with Gasteiger partial charge in [-0.1, -0.05) is 25.7 Å². The number of carbonyl (C=O) groups excluding carboxylic acids is 2. The zero-order chi connectivity index (χ0) is 26.5. The van der Waals surface area contributed by atoms with Gasteiger partial charge in [0.1, 0.15) is 0 Å². The molecule has 2 aromatic heterocycles. The summed E-state index contributed by atoms with van der Waals surface area (Å²) in [5.74, 6) is -0.674. The number of rotatable bonds is 15. The van der Waals surface area contributed by atoms with Crippen LogP contribution >= 0.6 is 0 Å². The molecule has 0 radical (unpaired) electrons. The molecule has 0 bridgehead atoms. The molecule has 10 heteroatoms. The lowest BCUT2D eigenvalue weighted by molar-refractivity contribution is -0.122. The number of hydrogen-bond donors (Lipinski definition) is 4. The Morgan fingerprint density at radius 3 is 1.44 bits per heavy atom. The maximum absolute atomic E-state index is 12.0. The molecule has 0 aliphatic heterocycles. The van der Waals surface area contributed by atoms with E-state index in [2.05, 4.69) is 10.6 Å². The van der Waals surface area contributed by atoms with Gasteiger partial charge in [0.05, 0.1) is 11.4 Å². The minimum Gasteiger partial charge on any atom is -0.503 e. The Bertz CT molecular complexity index is 1050. The van der Waals surface area contributed by atoms with Crippen molar-refractivity contribution >= 4 is 11.8 Å². The second-order valence-corrected chi connectivity index (χ2v) is 8.94. The predicted octanol–water partition coefficient (Wildman–Crippen LogP) is 2.09. The van der Waals surface area contributed by atoms with Crippen LogP contribution in [0.3, 0.4) is 0 Å². The van der Waals surface area contributed by atoms with E-state index in [1.165, 1.54) is 12.1 Å². The number of unbranched alkanes of at least 4 members (excludes halogenated alkanes) is 5. The van der Waals surface area contributed by atoms with Crippen LogP contribution in [-0.2, 0) is 22.7 Å². The van der Waals surface area contributed by atoms with Gasteiger partial charge in [0.25, 0.3) is 0 Å². The van der Waals surface area contributed by atoms with E-state index in [0.717, 1.165) is 38.5 Å². The molecule has 0 unspecified atom stereocenters. The SMILES string of the molecule is Cc1c(O)c(=O)ccn1CCC(=O)NCCCCCCCCNC(=O)CCn1ccc(=O)c(O)c1C. The molecule has 0 atom stereocenters. The highest BCUT2D eigenvalue weighted by Gasteiger charge is 2.08. The molecular formula is C26H38N4O6. The molecule has 0 fully saturated rings. The van der Waals surface area contributed by atoms with Crippen molar-refractivity contribution in [2.45, 2.75) is 78.3 Å². The number of carbonyl (C=O) groups is 2. The maximum atomic E-state index is 12.0. The molecule has 2 aromatic rings. The smallest absolute Gasteiger partial charge is 0.223 e. The van der Waals surface area contributed by atoms with E-state index >= 15 is 0 Å². The highest BCUT2D eigenvalue weighted by molar-refractivity contribution is 5.76. The van der Waals surface area contributed by atoms with Crippen molar-refractivity contribution in [2.75, 3.05) is 13.1 Å². The Kier molecular flexibility index (Phi) is 11.7. The molecule has 2 amide bonds. The predicted molar refractivity (Wildman–Crippen MR) is 137 cm³/mol. The molecule has 2 heterocycles. The molecule has 36 heavy (non-hydrogen) atoms.